The predicted molar refractivity (Wildman–Crippen MR) is 66.5 cm³/mol. The van der Waals surface area contributed by atoms with Gasteiger partial charge in [0.15, 0.2) is 0 Å². The molecule has 0 aliphatic rings. The number of nitrogens with zero attached hydrogens (tertiary/aromatic N) is 1. The van der Waals surface area contributed by atoms with Crippen molar-refractivity contribution in [1.29, 1.82) is 0 Å². The molecule has 0 saturated carbocycles. The fraction of sp³-hybridized carbons (Fsp3) is 0.615. The van der Waals surface area contributed by atoms with Gasteiger partial charge in [-0.25, -0.2) is 0 Å². The van der Waals surface area contributed by atoms with E-state index in [4.69, 9.17) is 10.5 Å². The first-order valence-electron chi connectivity index (χ1n) is 6.05. The highest BCUT2D eigenvalue weighted by molar-refractivity contribution is 5.21. The maximum atomic E-state index is 5.89. The summed E-state index contributed by atoms with van der Waals surface area (Å²) < 4.78 is 5.72. The summed E-state index contributed by atoms with van der Waals surface area (Å²) in [7, 11) is 0. The lowest BCUT2D eigenvalue weighted by Gasteiger charge is -2.14. The van der Waals surface area contributed by atoms with Gasteiger partial charge in [0, 0.05) is 6.04 Å². The minimum atomic E-state index is 0.0297. The van der Waals surface area contributed by atoms with Crippen molar-refractivity contribution in [2.75, 3.05) is 0 Å². The third-order valence-electron chi connectivity index (χ3n) is 2.61. The summed E-state index contributed by atoms with van der Waals surface area (Å²) in [5.74, 6) is 0.827. The van der Waals surface area contributed by atoms with Gasteiger partial charge in [-0.15, -0.1) is 0 Å². The maximum Gasteiger partial charge on any atom is 0.138 e. The lowest BCUT2D eigenvalue weighted by molar-refractivity contribution is 0.209. The molecule has 0 radical (unpaired) electrons. The summed E-state index contributed by atoms with van der Waals surface area (Å²) in [6.45, 7) is 6.29. The first-order valence-corrected chi connectivity index (χ1v) is 6.05. The summed E-state index contributed by atoms with van der Waals surface area (Å²) in [6.07, 6.45) is 5.11. The Morgan fingerprint density at radius 3 is 2.62 bits per heavy atom. The Kier molecular flexibility index (Phi) is 5.26. The molecule has 1 rings (SSSR count). The average Bonchev–Trinajstić information content (AvgIpc) is 2.29. The minimum Gasteiger partial charge on any atom is -0.489 e. The molecule has 0 spiro atoms. The Balaban J connectivity index is 2.57. The molecule has 1 aromatic heterocycles. The molecule has 1 heterocycles. The van der Waals surface area contributed by atoms with Gasteiger partial charge in [-0.1, -0.05) is 20.3 Å². The monoisotopic (exact) mass is 222 g/mol. The Bertz CT molecular complexity index is 297. The minimum absolute atomic E-state index is 0.0297. The number of rotatable bonds is 6. The summed E-state index contributed by atoms with van der Waals surface area (Å²) >= 11 is 0. The Morgan fingerprint density at radius 2 is 2.12 bits per heavy atom. The van der Waals surface area contributed by atoms with Gasteiger partial charge in [0.1, 0.15) is 5.75 Å². The van der Waals surface area contributed by atoms with Crippen LogP contribution in [-0.2, 0) is 0 Å². The molecule has 90 valence electrons. The lowest BCUT2D eigenvalue weighted by atomic mass is 10.1. The molecule has 0 aliphatic heterocycles. The van der Waals surface area contributed by atoms with E-state index in [1.165, 1.54) is 0 Å². The van der Waals surface area contributed by atoms with Crippen molar-refractivity contribution in [3.05, 3.63) is 24.0 Å². The highest BCUT2D eigenvalue weighted by Crippen LogP contribution is 2.17. The molecule has 1 unspecified atom stereocenters. The number of pyridine rings is 1. The molecule has 2 N–H and O–H groups in total. The number of hydrogen-bond donors (Lipinski definition) is 1. The highest BCUT2D eigenvalue weighted by Gasteiger charge is 2.06. The van der Waals surface area contributed by atoms with Crippen molar-refractivity contribution in [3.8, 4) is 5.75 Å². The van der Waals surface area contributed by atoms with Crippen LogP contribution in [0.15, 0.2) is 18.3 Å². The molecule has 0 fully saturated rings. The second kappa shape index (κ2) is 6.48. The SMILES string of the molecule is CCCC(C)Oc1ccc([C@H](N)CC)nc1. The van der Waals surface area contributed by atoms with Crippen molar-refractivity contribution in [2.24, 2.45) is 5.73 Å². The number of nitrogens with two attached hydrogens (primary N) is 1. The summed E-state index contributed by atoms with van der Waals surface area (Å²) in [5.41, 5.74) is 6.82. The normalized spacial score (nSPS) is 14.5. The van der Waals surface area contributed by atoms with Crippen LogP contribution in [0.1, 0.15) is 51.8 Å². The Labute approximate surface area is 98.0 Å². The van der Waals surface area contributed by atoms with E-state index in [1.807, 2.05) is 12.1 Å². The van der Waals surface area contributed by atoms with Crippen LogP contribution in [0, 0.1) is 0 Å². The quantitative estimate of drug-likeness (QED) is 0.804. The molecule has 1 aromatic rings. The molecule has 0 aromatic carbocycles. The van der Waals surface area contributed by atoms with Gasteiger partial charge < -0.3 is 10.5 Å². The number of ether oxygens (including phenoxy) is 1. The van der Waals surface area contributed by atoms with Crippen LogP contribution in [0.3, 0.4) is 0 Å². The van der Waals surface area contributed by atoms with E-state index in [0.29, 0.717) is 0 Å². The van der Waals surface area contributed by atoms with Crippen LogP contribution in [0.5, 0.6) is 5.75 Å². The molecule has 0 amide bonds. The van der Waals surface area contributed by atoms with Crippen molar-refractivity contribution in [3.63, 3.8) is 0 Å². The van der Waals surface area contributed by atoms with Gasteiger partial charge in [-0.2, -0.15) is 0 Å². The zero-order chi connectivity index (χ0) is 12.0. The van der Waals surface area contributed by atoms with Crippen LogP contribution in [0.2, 0.25) is 0 Å². The zero-order valence-electron chi connectivity index (χ0n) is 10.4. The molecule has 0 bridgehead atoms. The molecule has 3 nitrogen and oxygen atoms in total. The lowest BCUT2D eigenvalue weighted by Crippen LogP contribution is -2.13. The van der Waals surface area contributed by atoms with E-state index in [9.17, 15) is 0 Å². The average molecular weight is 222 g/mol. The first-order chi connectivity index (χ1) is 7.67. The molecule has 3 heteroatoms. The van der Waals surface area contributed by atoms with Crippen molar-refractivity contribution >= 4 is 0 Å². The number of aromatic nitrogens is 1. The van der Waals surface area contributed by atoms with Gasteiger partial charge in [-0.05, 0) is 31.9 Å². The smallest absolute Gasteiger partial charge is 0.138 e. The largest absolute Gasteiger partial charge is 0.489 e. The third kappa shape index (κ3) is 3.81. The van der Waals surface area contributed by atoms with Crippen LogP contribution in [0.4, 0.5) is 0 Å². The standard InChI is InChI=1S/C13H22N2O/c1-4-6-10(3)16-11-7-8-13(15-9-11)12(14)5-2/h7-10,12H,4-6,14H2,1-3H3/t10?,12-/m1/s1. The van der Waals surface area contributed by atoms with E-state index < -0.39 is 0 Å². The van der Waals surface area contributed by atoms with Crippen LogP contribution in [-0.4, -0.2) is 11.1 Å². The summed E-state index contributed by atoms with van der Waals surface area (Å²) in [6, 6.07) is 3.92. The van der Waals surface area contributed by atoms with Crippen molar-refractivity contribution < 1.29 is 4.74 Å². The van der Waals surface area contributed by atoms with Gasteiger partial charge in [0.25, 0.3) is 0 Å². The van der Waals surface area contributed by atoms with Crippen LogP contribution < -0.4 is 10.5 Å². The second-order valence-electron chi connectivity index (χ2n) is 4.15. The molecular weight excluding hydrogens is 200 g/mol. The van der Waals surface area contributed by atoms with E-state index >= 15 is 0 Å². The van der Waals surface area contributed by atoms with E-state index in [1.54, 1.807) is 6.20 Å². The summed E-state index contributed by atoms with van der Waals surface area (Å²) in [5, 5.41) is 0. The fourth-order valence-corrected chi connectivity index (χ4v) is 1.59. The molecule has 16 heavy (non-hydrogen) atoms. The molecule has 2 atom stereocenters. The highest BCUT2D eigenvalue weighted by atomic mass is 16.5. The van der Waals surface area contributed by atoms with E-state index in [2.05, 4.69) is 25.8 Å². The van der Waals surface area contributed by atoms with E-state index in [-0.39, 0.29) is 12.1 Å². The molecule has 0 aliphatic carbocycles. The number of hydrogen-bond acceptors (Lipinski definition) is 3. The van der Waals surface area contributed by atoms with Gasteiger partial charge in [0.05, 0.1) is 18.0 Å². The van der Waals surface area contributed by atoms with Gasteiger partial charge in [-0.3, -0.25) is 4.98 Å². The van der Waals surface area contributed by atoms with Crippen LogP contribution in [0.25, 0.3) is 0 Å². The third-order valence-corrected chi connectivity index (χ3v) is 2.61. The Morgan fingerprint density at radius 1 is 1.38 bits per heavy atom. The van der Waals surface area contributed by atoms with E-state index in [0.717, 1.165) is 30.7 Å². The zero-order valence-corrected chi connectivity index (χ0v) is 10.4. The molecule has 0 saturated heterocycles. The van der Waals surface area contributed by atoms with Crippen molar-refractivity contribution in [1.82, 2.24) is 4.98 Å². The first kappa shape index (κ1) is 13.0. The summed E-state index contributed by atoms with van der Waals surface area (Å²) in [4.78, 5) is 4.31. The topological polar surface area (TPSA) is 48.1 Å². The van der Waals surface area contributed by atoms with Crippen molar-refractivity contribution in [2.45, 2.75) is 52.2 Å². The fourth-order valence-electron chi connectivity index (χ4n) is 1.59. The second-order valence-corrected chi connectivity index (χ2v) is 4.15. The maximum absolute atomic E-state index is 5.89. The Hall–Kier alpha value is -1.09. The molecular formula is C13H22N2O. The van der Waals surface area contributed by atoms with Gasteiger partial charge in [0.2, 0.25) is 0 Å². The van der Waals surface area contributed by atoms with Gasteiger partial charge >= 0.3 is 0 Å². The van der Waals surface area contributed by atoms with Crippen LogP contribution >= 0.6 is 0 Å². The predicted octanol–water partition coefficient (Wildman–Crippen LogP) is 3.06.